The lowest BCUT2D eigenvalue weighted by atomic mass is 9.77. The normalized spacial score (nSPS) is 21.1. The molecule has 0 saturated heterocycles. The lowest BCUT2D eigenvalue weighted by Crippen LogP contribution is -2.52. The zero-order chi connectivity index (χ0) is 26.5. The zero-order valence-corrected chi connectivity index (χ0v) is 22.4. The Morgan fingerprint density at radius 3 is 2.34 bits per heavy atom. The highest BCUT2D eigenvalue weighted by Crippen LogP contribution is 2.31. The smallest absolute Gasteiger partial charge is 0.243 e. The Balaban J connectivity index is 1.37. The summed E-state index contributed by atoms with van der Waals surface area (Å²) in [5.41, 5.74) is 3.41. The molecular formula is C31H36F2N2O2S. The molecular weight excluding hydrogens is 502 g/mol. The minimum absolute atomic E-state index is 0.109. The average Bonchev–Trinajstić information content (AvgIpc) is 2.92. The third kappa shape index (κ3) is 6.50. The van der Waals surface area contributed by atoms with E-state index in [1.165, 1.54) is 29.8 Å². The maximum absolute atomic E-state index is 14.4. The summed E-state index contributed by atoms with van der Waals surface area (Å²) < 4.78 is 57.8. The first-order chi connectivity index (χ1) is 18.4. The minimum Gasteiger partial charge on any atom is -0.312 e. The lowest BCUT2D eigenvalue weighted by Gasteiger charge is -2.37. The van der Waals surface area contributed by atoms with Gasteiger partial charge in [0.25, 0.3) is 0 Å². The number of sulfonamides is 1. The third-order valence-electron chi connectivity index (χ3n) is 8.25. The maximum Gasteiger partial charge on any atom is 0.243 e. The molecule has 2 N–H and O–H groups in total. The van der Waals surface area contributed by atoms with Crippen molar-refractivity contribution in [2.75, 3.05) is 6.54 Å². The molecule has 2 aliphatic rings. The second-order valence-corrected chi connectivity index (χ2v) is 12.5. The van der Waals surface area contributed by atoms with Crippen molar-refractivity contribution >= 4 is 10.0 Å². The van der Waals surface area contributed by atoms with Gasteiger partial charge >= 0.3 is 0 Å². The quantitative estimate of drug-likeness (QED) is 0.362. The van der Waals surface area contributed by atoms with Crippen LogP contribution in [0.15, 0.2) is 77.7 Å². The Morgan fingerprint density at radius 1 is 0.842 bits per heavy atom. The molecule has 7 heteroatoms. The highest BCUT2D eigenvalue weighted by molar-refractivity contribution is 7.89. The first-order valence-electron chi connectivity index (χ1n) is 13.7. The van der Waals surface area contributed by atoms with Crippen LogP contribution >= 0.6 is 0 Å². The van der Waals surface area contributed by atoms with Crippen LogP contribution in [0.3, 0.4) is 0 Å². The van der Waals surface area contributed by atoms with Crippen LogP contribution in [0.1, 0.15) is 48.8 Å². The average molecular weight is 539 g/mol. The Labute approximate surface area is 224 Å². The second kappa shape index (κ2) is 12.1. The standard InChI is InChI=1S/C31H36F2N2O2S/c32-27-16-15-24-20-29(26(18-25(24)19-27)17-22-9-3-1-4-10-22)34-21-30(23-11-5-2-6-12-23)35-38(36,37)31-14-8-7-13-28(31)33/h1,3-4,7-10,13-16,19,23,26,29-30,34-35H,2,5-6,11-12,17-18,20-21H2/t26-,29-,30+/m0/s1. The Kier molecular flexibility index (Phi) is 8.56. The van der Waals surface area contributed by atoms with Gasteiger partial charge in [-0.2, -0.15) is 0 Å². The number of benzene rings is 3. The summed E-state index contributed by atoms with van der Waals surface area (Å²) in [4.78, 5) is -0.309. The molecule has 3 atom stereocenters. The van der Waals surface area contributed by atoms with Crippen LogP contribution in [-0.4, -0.2) is 27.0 Å². The van der Waals surface area contributed by atoms with E-state index in [1.807, 2.05) is 24.3 Å². The van der Waals surface area contributed by atoms with Gasteiger partial charge in [-0.15, -0.1) is 0 Å². The van der Waals surface area contributed by atoms with Gasteiger partial charge < -0.3 is 5.32 Å². The Hall–Kier alpha value is -2.61. The molecule has 0 aromatic heterocycles. The van der Waals surface area contributed by atoms with E-state index >= 15 is 0 Å². The largest absolute Gasteiger partial charge is 0.312 e. The molecule has 3 aromatic carbocycles. The number of fused-ring (bicyclic) bond motifs is 1. The summed E-state index contributed by atoms with van der Waals surface area (Å²) in [7, 11) is -4.01. The van der Waals surface area contributed by atoms with Crippen molar-refractivity contribution in [3.8, 4) is 0 Å². The van der Waals surface area contributed by atoms with Crippen molar-refractivity contribution in [2.45, 2.75) is 68.3 Å². The fourth-order valence-electron chi connectivity index (χ4n) is 6.23. The van der Waals surface area contributed by atoms with Gasteiger partial charge in [0.05, 0.1) is 0 Å². The molecule has 38 heavy (non-hydrogen) atoms. The van der Waals surface area contributed by atoms with Crippen LogP contribution < -0.4 is 10.0 Å². The van der Waals surface area contributed by atoms with Gasteiger partial charge in [-0.05, 0) is 84.9 Å². The molecule has 0 radical (unpaired) electrons. The molecule has 0 bridgehead atoms. The second-order valence-electron chi connectivity index (χ2n) is 10.8. The van der Waals surface area contributed by atoms with Crippen LogP contribution in [0.4, 0.5) is 8.78 Å². The predicted octanol–water partition coefficient (Wildman–Crippen LogP) is 5.81. The first-order valence-corrected chi connectivity index (χ1v) is 15.2. The van der Waals surface area contributed by atoms with Gasteiger partial charge in [0.2, 0.25) is 10.0 Å². The van der Waals surface area contributed by atoms with Crippen LogP contribution in [0.25, 0.3) is 0 Å². The summed E-state index contributed by atoms with van der Waals surface area (Å²) in [6.45, 7) is 0.463. The predicted molar refractivity (Wildman–Crippen MR) is 146 cm³/mol. The molecule has 2 aliphatic carbocycles. The van der Waals surface area contributed by atoms with Gasteiger partial charge in [-0.3, -0.25) is 0 Å². The van der Waals surface area contributed by atoms with Crippen LogP contribution in [0.5, 0.6) is 0 Å². The molecule has 0 unspecified atom stereocenters. The van der Waals surface area contributed by atoms with E-state index in [0.717, 1.165) is 62.5 Å². The molecule has 5 rings (SSSR count). The van der Waals surface area contributed by atoms with Crippen molar-refractivity contribution < 1.29 is 17.2 Å². The van der Waals surface area contributed by atoms with Crippen LogP contribution in [0, 0.1) is 23.5 Å². The van der Waals surface area contributed by atoms with Crippen molar-refractivity contribution in [1.82, 2.24) is 10.0 Å². The third-order valence-corrected chi connectivity index (χ3v) is 9.77. The maximum atomic E-state index is 14.4. The summed E-state index contributed by atoms with van der Waals surface area (Å²) in [5, 5.41) is 3.72. The van der Waals surface area contributed by atoms with E-state index in [2.05, 4.69) is 22.2 Å². The number of halogens is 2. The Morgan fingerprint density at radius 2 is 1.58 bits per heavy atom. The van der Waals surface area contributed by atoms with Crippen molar-refractivity contribution in [3.05, 3.63) is 101 Å². The van der Waals surface area contributed by atoms with Gasteiger partial charge in [0.15, 0.2) is 0 Å². The zero-order valence-electron chi connectivity index (χ0n) is 21.6. The monoisotopic (exact) mass is 538 g/mol. The topological polar surface area (TPSA) is 58.2 Å². The molecule has 1 saturated carbocycles. The van der Waals surface area contributed by atoms with Gasteiger partial charge in [0, 0.05) is 18.6 Å². The first kappa shape index (κ1) is 27.0. The van der Waals surface area contributed by atoms with E-state index in [9.17, 15) is 17.2 Å². The van der Waals surface area contributed by atoms with Crippen LogP contribution in [0.2, 0.25) is 0 Å². The number of hydrogen-bond acceptors (Lipinski definition) is 3. The summed E-state index contributed by atoms with van der Waals surface area (Å²) in [6, 6.07) is 20.6. The number of rotatable bonds is 9. The van der Waals surface area contributed by atoms with E-state index in [1.54, 1.807) is 12.1 Å². The highest BCUT2D eigenvalue weighted by Gasteiger charge is 2.33. The molecule has 0 amide bonds. The molecule has 0 heterocycles. The summed E-state index contributed by atoms with van der Waals surface area (Å²) in [5.74, 6) is -0.528. The van der Waals surface area contributed by atoms with E-state index in [-0.39, 0.29) is 34.6 Å². The van der Waals surface area contributed by atoms with Crippen LogP contribution in [-0.2, 0) is 29.3 Å². The fourth-order valence-corrected chi connectivity index (χ4v) is 7.61. The molecule has 4 nitrogen and oxygen atoms in total. The lowest BCUT2D eigenvalue weighted by molar-refractivity contribution is 0.257. The minimum atomic E-state index is -4.01. The summed E-state index contributed by atoms with van der Waals surface area (Å²) >= 11 is 0. The van der Waals surface area contributed by atoms with Crippen molar-refractivity contribution in [2.24, 2.45) is 11.8 Å². The summed E-state index contributed by atoms with van der Waals surface area (Å²) in [6.07, 6.45) is 7.57. The highest BCUT2D eigenvalue weighted by atomic mass is 32.2. The molecule has 0 spiro atoms. The van der Waals surface area contributed by atoms with E-state index < -0.39 is 15.8 Å². The number of hydrogen-bond donors (Lipinski definition) is 2. The number of nitrogens with one attached hydrogen (secondary N) is 2. The van der Waals surface area contributed by atoms with E-state index in [0.29, 0.717) is 6.54 Å². The van der Waals surface area contributed by atoms with Gasteiger partial charge in [-0.1, -0.05) is 67.8 Å². The van der Waals surface area contributed by atoms with Crippen molar-refractivity contribution in [1.29, 1.82) is 0 Å². The fraction of sp³-hybridized carbons (Fsp3) is 0.419. The molecule has 0 aliphatic heterocycles. The molecule has 3 aromatic rings. The SMILES string of the molecule is O=S(=O)(N[C@H](CN[C@H]1Cc2ccc(F)cc2C[C@@H]1Cc1ccccc1)C1CCCCC1)c1ccccc1F. The van der Waals surface area contributed by atoms with Crippen molar-refractivity contribution in [3.63, 3.8) is 0 Å². The molecule has 202 valence electrons. The Bertz CT molecular complexity index is 1330. The molecule has 1 fully saturated rings. The van der Waals surface area contributed by atoms with Gasteiger partial charge in [0.1, 0.15) is 16.5 Å². The van der Waals surface area contributed by atoms with Gasteiger partial charge in [-0.25, -0.2) is 21.9 Å². The van der Waals surface area contributed by atoms with E-state index in [4.69, 9.17) is 0 Å².